The van der Waals surface area contributed by atoms with Crippen LogP contribution in [0.3, 0.4) is 0 Å². The molecule has 0 heterocycles. The smallest absolute Gasteiger partial charge is 0.323 e. The number of aliphatic hydroxyl groups excluding tert-OH is 6. The summed E-state index contributed by atoms with van der Waals surface area (Å²) in [6.07, 6.45) is -5.36. The van der Waals surface area contributed by atoms with E-state index >= 15 is 0 Å². The van der Waals surface area contributed by atoms with Gasteiger partial charge < -0.3 is 62.5 Å². The number of benzene rings is 2. The Kier molecular flexibility index (Phi) is 19.3. The lowest BCUT2D eigenvalue weighted by atomic mass is 10.1. The molecule has 17 nitrogen and oxygen atoms in total. The lowest BCUT2D eigenvalue weighted by molar-refractivity contribution is -0.123. The SMILES string of the molecule is CC(O)C(=O)Nc1c(I)c(NC(=O)Nc2c(I)c(NC(=O)C(C)O)c(I)c(C(=O)NCC(O)CO)c2I)c(I)c(C(=O)NCC(O)CO)c1I. The molecule has 4 atom stereocenters. The van der Waals surface area contributed by atoms with E-state index in [0.29, 0.717) is 0 Å². The molecule has 50 heavy (non-hydrogen) atoms. The number of rotatable bonds is 14. The van der Waals surface area contributed by atoms with Crippen molar-refractivity contribution in [2.24, 2.45) is 0 Å². The number of carbonyl (C=O) groups is 5. The quantitative estimate of drug-likeness (QED) is 0.121. The van der Waals surface area contributed by atoms with Crippen molar-refractivity contribution < 1.29 is 54.6 Å². The zero-order chi connectivity index (χ0) is 38.2. The predicted molar refractivity (Wildman–Crippen MR) is 233 cm³/mol. The molecule has 0 saturated carbocycles. The van der Waals surface area contributed by atoms with Crippen LogP contribution in [-0.4, -0.2) is 111 Å². The maximum Gasteiger partial charge on any atom is 0.323 e. The van der Waals surface area contributed by atoms with Crippen molar-refractivity contribution in [3.63, 3.8) is 0 Å². The number of anilines is 4. The van der Waals surface area contributed by atoms with Gasteiger partial charge >= 0.3 is 6.03 Å². The van der Waals surface area contributed by atoms with E-state index in [-0.39, 0.29) is 68.4 Å². The number of urea groups is 1. The minimum Gasteiger partial charge on any atom is -0.394 e. The van der Waals surface area contributed by atoms with Crippen molar-refractivity contribution in [1.82, 2.24) is 10.6 Å². The van der Waals surface area contributed by atoms with Crippen LogP contribution in [0.4, 0.5) is 27.5 Å². The molecule has 0 bridgehead atoms. The zero-order valence-corrected chi connectivity index (χ0v) is 38.6. The van der Waals surface area contributed by atoms with E-state index in [9.17, 15) is 44.4 Å². The molecule has 4 unspecified atom stereocenters. The Labute approximate surface area is 366 Å². The van der Waals surface area contributed by atoms with Crippen molar-refractivity contribution in [3.05, 3.63) is 32.5 Å². The molecule has 6 amide bonds. The zero-order valence-electron chi connectivity index (χ0n) is 25.6. The Hall–Kier alpha value is -0.270. The molecule has 2 aromatic rings. The second kappa shape index (κ2) is 21.0. The van der Waals surface area contributed by atoms with E-state index in [2.05, 4.69) is 31.9 Å². The highest BCUT2D eigenvalue weighted by molar-refractivity contribution is 14.1. The summed E-state index contributed by atoms with van der Waals surface area (Å²) in [5.41, 5.74) is 0.300. The van der Waals surface area contributed by atoms with E-state index in [0.717, 1.165) is 0 Å². The largest absolute Gasteiger partial charge is 0.394 e. The van der Waals surface area contributed by atoms with Gasteiger partial charge in [-0.3, -0.25) is 19.2 Å². The normalized spacial score (nSPS) is 13.4. The Morgan fingerprint density at radius 2 is 0.800 bits per heavy atom. The number of halogens is 6. The van der Waals surface area contributed by atoms with Crippen LogP contribution in [0.15, 0.2) is 0 Å². The van der Waals surface area contributed by atoms with E-state index in [1.165, 1.54) is 13.8 Å². The number of amides is 6. The van der Waals surface area contributed by atoms with Crippen molar-refractivity contribution in [2.75, 3.05) is 47.6 Å². The molecule has 276 valence electrons. The lowest BCUT2D eigenvalue weighted by Gasteiger charge is -2.23. The molecule has 23 heteroatoms. The Morgan fingerprint density at radius 1 is 0.520 bits per heavy atom. The van der Waals surface area contributed by atoms with Crippen LogP contribution >= 0.6 is 136 Å². The summed E-state index contributed by atoms with van der Waals surface area (Å²) in [7, 11) is 0. The van der Waals surface area contributed by atoms with Gasteiger partial charge in [-0.15, -0.1) is 0 Å². The van der Waals surface area contributed by atoms with Crippen LogP contribution < -0.4 is 31.9 Å². The molecule has 2 aromatic carbocycles. The monoisotopic (exact) mass is 1380 g/mol. The maximum atomic E-state index is 13.7. The fourth-order valence-electron chi connectivity index (χ4n) is 3.61. The van der Waals surface area contributed by atoms with Crippen LogP contribution in [0.25, 0.3) is 0 Å². The lowest BCUT2D eigenvalue weighted by Crippen LogP contribution is -2.35. The summed E-state index contributed by atoms with van der Waals surface area (Å²) in [4.78, 5) is 65.3. The molecule has 12 N–H and O–H groups in total. The second-order valence-corrected chi connectivity index (χ2v) is 16.6. The highest BCUT2D eigenvalue weighted by atomic mass is 127. The standard InChI is InChI=1S/C27H30I6N6O11/c1-7(42)23(46)36-19-13(28)11(25(48)34-3-9(44)5-40)15(30)21(17(19)32)38-27(50)39-22-16(31)12(26(49)35-4-10(45)6-41)14(29)20(18(22)33)37-24(47)8(2)43/h7-10,40-45H,3-6H2,1-2H3,(H,34,48)(H,35,49)(H,36,46)(H,37,47)(H2,38,39,50). The minimum absolute atomic E-state index is 0.00137. The van der Waals surface area contributed by atoms with Gasteiger partial charge in [0.05, 0.1) is 80.7 Å². The Balaban J connectivity index is 2.71. The molecule has 0 aromatic heterocycles. The van der Waals surface area contributed by atoms with Crippen LogP contribution in [0.1, 0.15) is 34.6 Å². The Bertz CT molecular complexity index is 1550. The van der Waals surface area contributed by atoms with Crippen molar-refractivity contribution in [3.8, 4) is 0 Å². The third kappa shape index (κ3) is 11.9. The topological polar surface area (TPSA) is 279 Å². The molecule has 2 rings (SSSR count). The summed E-state index contributed by atoms with van der Waals surface area (Å²) in [6.45, 7) is 0.640. The summed E-state index contributed by atoms with van der Waals surface area (Å²) in [5.74, 6) is -3.01. The second-order valence-electron chi connectivity index (χ2n) is 10.1. The third-order valence-electron chi connectivity index (χ3n) is 6.24. The number of hydrogen-bond donors (Lipinski definition) is 12. The van der Waals surface area contributed by atoms with Crippen LogP contribution in [0, 0.1) is 21.4 Å². The first-order valence-electron chi connectivity index (χ1n) is 13.9. The Morgan fingerprint density at radius 3 is 1.06 bits per heavy atom. The van der Waals surface area contributed by atoms with Gasteiger partial charge in [0.1, 0.15) is 12.2 Å². The van der Waals surface area contributed by atoms with Gasteiger partial charge in [-0.05, 0) is 149 Å². The number of hydrogen-bond acceptors (Lipinski definition) is 11. The van der Waals surface area contributed by atoms with Gasteiger partial charge in [0.15, 0.2) is 0 Å². The molecule has 0 aliphatic carbocycles. The van der Waals surface area contributed by atoms with Gasteiger partial charge in [-0.2, -0.15) is 0 Å². The first-order chi connectivity index (χ1) is 23.3. The summed E-state index contributed by atoms with van der Waals surface area (Å²) in [5, 5.41) is 72.9. The molecule has 0 aliphatic heterocycles. The summed E-state index contributed by atoms with van der Waals surface area (Å²) >= 11 is 11.0. The van der Waals surface area contributed by atoms with Crippen LogP contribution in [0.5, 0.6) is 0 Å². The molecule has 0 saturated heterocycles. The van der Waals surface area contributed by atoms with Crippen LogP contribution in [0.2, 0.25) is 0 Å². The molecule has 0 spiro atoms. The number of aliphatic hydroxyl groups is 6. The average Bonchev–Trinajstić information content (AvgIpc) is 3.06. The highest BCUT2D eigenvalue weighted by Crippen LogP contribution is 2.41. The van der Waals surface area contributed by atoms with Crippen molar-refractivity contribution >= 4 is 188 Å². The molecule has 0 radical (unpaired) electrons. The fraction of sp³-hybridized carbons (Fsp3) is 0.370. The van der Waals surface area contributed by atoms with Crippen molar-refractivity contribution in [2.45, 2.75) is 38.3 Å². The van der Waals surface area contributed by atoms with Crippen molar-refractivity contribution in [1.29, 1.82) is 0 Å². The van der Waals surface area contributed by atoms with E-state index in [1.54, 1.807) is 0 Å². The molecule has 0 aliphatic rings. The summed E-state index contributed by atoms with van der Waals surface area (Å²) in [6, 6.07) is -0.885. The maximum absolute atomic E-state index is 13.7. The molecule has 0 fully saturated rings. The highest BCUT2D eigenvalue weighted by Gasteiger charge is 2.30. The van der Waals surface area contributed by atoms with Crippen LogP contribution in [-0.2, 0) is 9.59 Å². The van der Waals surface area contributed by atoms with Gasteiger partial charge in [-0.25, -0.2) is 4.79 Å². The fourth-order valence-corrected chi connectivity index (χ4v) is 12.0. The number of carbonyl (C=O) groups excluding carboxylic acids is 5. The predicted octanol–water partition coefficient (Wildman–Crippen LogP) is 1.76. The summed E-state index contributed by atoms with van der Waals surface area (Å²) < 4.78 is 1.47. The minimum atomic E-state index is -1.43. The first kappa shape index (κ1) is 45.9. The van der Waals surface area contributed by atoms with E-state index in [1.807, 2.05) is 136 Å². The van der Waals surface area contributed by atoms with Gasteiger partial charge in [-0.1, -0.05) is 0 Å². The molecular weight excluding hydrogens is 1350 g/mol. The van der Waals surface area contributed by atoms with E-state index in [4.69, 9.17) is 10.2 Å². The van der Waals surface area contributed by atoms with E-state index < -0.39 is 67.3 Å². The van der Waals surface area contributed by atoms with Gasteiger partial charge in [0.2, 0.25) is 0 Å². The average molecular weight is 1380 g/mol. The first-order valence-corrected chi connectivity index (χ1v) is 20.4. The van der Waals surface area contributed by atoms with Gasteiger partial charge in [0, 0.05) is 13.1 Å². The third-order valence-corrected chi connectivity index (χ3v) is 12.7. The van der Waals surface area contributed by atoms with Gasteiger partial charge in [0.25, 0.3) is 23.6 Å². The number of nitrogens with one attached hydrogen (secondary N) is 6. The molecular formula is C27H30I6N6O11.